The second kappa shape index (κ2) is 6.64. The molecule has 2 fully saturated rings. The maximum absolute atomic E-state index is 11.8. The maximum Gasteiger partial charge on any atom is 0.219 e. The minimum Gasteiger partial charge on any atom is -0.379 e. The van der Waals surface area contributed by atoms with Crippen LogP contribution in [0.25, 0.3) is 0 Å². The summed E-state index contributed by atoms with van der Waals surface area (Å²) >= 11 is 1.71. The van der Waals surface area contributed by atoms with Gasteiger partial charge in [0.05, 0.1) is 23.9 Å². The monoisotopic (exact) mass is 323 g/mol. The number of carbonyl (C=O) groups excluding carboxylic acids is 1. The molecular weight excluding hydrogens is 298 g/mol. The smallest absolute Gasteiger partial charge is 0.219 e. The lowest BCUT2D eigenvalue weighted by atomic mass is 9.80. The molecule has 1 amide bonds. The molecule has 2 saturated heterocycles. The van der Waals surface area contributed by atoms with Crippen LogP contribution >= 0.6 is 11.3 Å². The summed E-state index contributed by atoms with van der Waals surface area (Å²) in [6.45, 7) is 9.71. The van der Waals surface area contributed by atoms with Gasteiger partial charge in [-0.3, -0.25) is 9.69 Å². The van der Waals surface area contributed by atoms with Crippen molar-refractivity contribution in [3.8, 4) is 0 Å². The number of amides is 1. The van der Waals surface area contributed by atoms with E-state index in [9.17, 15) is 4.79 Å². The lowest BCUT2D eigenvalue weighted by Crippen LogP contribution is -2.51. The Morgan fingerprint density at radius 3 is 3.05 bits per heavy atom. The molecule has 6 heteroatoms. The minimum atomic E-state index is 0.0888. The van der Waals surface area contributed by atoms with Crippen molar-refractivity contribution in [2.75, 3.05) is 39.4 Å². The molecule has 0 radical (unpaired) electrons. The van der Waals surface area contributed by atoms with Gasteiger partial charge in [0.15, 0.2) is 0 Å². The van der Waals surface area contributed by atoms with Gasteiger partial charge in [-0.05, 0) is 26.3 Å². The highest BCUT2D eigenvalue weighted by molar-refractivity contribution is 7.09. The fraction of sp³-hybridized carbons (Fsp3) is 0.750. The summed E-state index contributed by atoms with van der Waals surface area (Å²) in [4.78, 5) is 20.8. The third kappa shape index (κ3) is 3.67. The van der Waals surface area contributed by atoms with Gasteiger partial charge in [0.2, 0.25) is 5.91 Å². The molecule has 0 saturated carbocycles. The summed E-state index contributed by atoms with van der Waals surface area (Å²) in [5.41, 5.74) is 1.25. The molecule has 2 aliphatic rings. The van der Waals surface area contributed by atoms with E-state index < -0.39 is 0 Å². The highest BCUT2D eigenvalue weighted by atomic mass is 32.1. The Bertz CT molecular complexity index is 533. The molecule has 0 aliphatic carbocycles. The predicted molar refractivity (Wildman–Crippen MR) is 86.9 cm³/mol. The largest absolute Gasteiger partial charge is 0.379 e. The van der Waals surface area contributed by atoms with Crippen molar-refractivity contribution in [3.63, 3.8) is 0 Å². The molecule has 1 unspecified atom stereocenters. The van der Waals surface area contributed by atoms with E-state index in [1.165, 1.54) is 0 Å². The van der Waals surface area contributed by atoms with E-state index in [0.29, 0.717) is 6.61 Å². The van der Waals surface area contributed by atoms with Crippen LogP contribution in [0.15, 0.2) is 5.38 Å². The fourth-order valence-corrected chi connectivity index (χ4v) is 4.27. The lowest BCUT2D eigenvalue weighted by molar-refractivity contribution is -0.130. The number of likely N-dealkylation sites (tertiary alicyclic amines) is 1. The Morgan fingerprint density at radius 2 is 2.32 bits per heavy atom. The number of aryl methyl sites for hydroxylation is 1. The number of carbonyl (C=O) groups is 1. The quantitative estimate of drug-likeness (QED) is 0.834. The topological polar surface area (TPSA) is 45.7 Å². The minimum absolute atomic E-state index is 0.0888. The van der Waals surface area contributed by atoms with Crippen LogP contribution in [-0.2, 0) is 16.1 Å². The zero-order valence-corrected chi connectivity index (χ0v) is 14.3. The first-order valence-electron chi connectivity index (χ1n) is 8.03. The first kappa shape index (κ1) is 15.9. The Labute approximate surface area is 136 Å². The summed E-state index contributed by atoms with van der Waals surface area (Å²) in [6, 6.07) is 0. The third-order valence-corrected chi connectivity index (χ3v) is 5.50. The Kier molecular flexibility index (Phi) is 4.80. The molecule has 0 N–H and O–H groups in total. The maximum atomic E-state index is 11.8. The highest BCUT2D eigenvalue weighted by Gasteiger charge is 2.39. The van der Waals surface area contributed by atoms with Crippen molar-refractivity contribution in [1.29, 1.82) is 0 Å². The molecule has 0 bridgehead atoms. The van der Waals surface area contributed by atoms with Gasteiger partial charge >= 0.3 is 0 Å². The van der Waals surface area contributed by atoms with Crippen LogP contribution in [0.3, 0.4) is 0 Å². The van der Waals surface area contributed by atoms with Crippen molar-refractivity contribution in [2.45, 2.75) is 33.2 Å². The molecule has 3 heterocycles. The Balaban J connectivity index is 1.68. The van der Waals surface area contributed by atoms with E-state index in [4.69, 9.17) is 4.74 Å². The van der Waals surface area contributed by atoms with Gasteiger partial charge in [0.1, 0.15) is 0 Å². The molecular formula is C16H25N3O2S. The van der Waals surface area contributed by atoms with Crippen molar-refractivity contribution in [1.82, 2.24) is 14.8 Å². The van der Waals surface area contributed by atoms with Gasteiger partial charge in [-0.2, -0.15) is 0 Å². The molecule has 1 spiro atoms. The Morgan fingerprint density at radius 1 is 1.45 bits per heavy atom. The number of ether oxygens (including phenoxy) is 1. The number of nitrogens with zero attached hydrogens (tertiary/aromatic N) is 3. The Hall–Kier alpha value is -0.980. The molecule has 1 aromatic rings. The van der Waals surface area contributed by atoms with Crippen molar-refractivity contribution < 1.29 is 9.53 Å². The number of hydrogen-bond acceptors (Lipinski definition) is 5. The van der Waals surface area contributed by atoms with E-state index in [1.807, 2.05) is 4.90 Å². The van der Waals surface area contributed by atoms with Gasteiger partial charge < -0.3 is 9.64 Å². The normalized spacial score (nSPS) is 27.1. The summed E-state index contributed by atoms with van der Waals surface area (Å²) in [6.07, 6.45) is 2.31. The van der Waals surface area contributed by atoms with E-state index in [0.717, 1.165) is 62.9 Å². The average Bonchev–Trinajstić information content (AvgIpc) is 2.76. The van der Waals surface area contributed by atoms with Gasteiger partial charge in [-0.25, -0.2) is 4.98 Å². The molecule has 0 aromatic carbocycles. The number of thiazole rings is 1. The first-order valence-corrected chi connectivity index (χ1v) is 8.91. The van der Waals surface area contributed by atoms with E-state index >= 15 is 0 Å². The van der Waals surface area contributed by atoms with Crippen LogP contribution < -0.4 is 0 Å². The van der Waals surface area contributed by atoms with E-state index in [2.05, 4.69) is 22.2 Å². The fourth-order valence-electron chi connectivity index (χ4n) is 3.66. The van der Waals surface area contributed by atoms with Crippen molar-refractivity contribution >= 4 is 17.2 Å². The number of aromatic nitrogens is 1. The zero-order valence-electron chi connectivity index (χ0n) is 13.5. The first-order chi connectivity index (χ1) is 10.6. The average molecular weight is 323 g/mol. The van der Waals surface area contributed by atoms with Crippen LogP contribution in [0.5, 0.6) is 0 Å². The van der Waals surface area contributed by atoms with E-state index in [-0.39, 0.29) is 11.3 Å². The number of piperidine rings is 1. The van der Waals surface area contributed by atoms with E-state index in [1.54, 1.807) is 18.3 Å². The molecule has 1 aromatic heterocycles. The summed E-state index contributed by atoms with van der Waals surface area (Å²) < 4.78 is 5.84. The van der Waals surface area contributed by atoms with Crippen molar-refractivity contribution in [2.24, 2.45) is 5.41 Å². The van der Waals surface area contributed by atoms with Gasteiger partial charge in [-0.15, -0.1) is 11.3 Å². The second-order valence-corrected chi connectivity index (χ2v) is 7.73. The molecule has 5 nitrogen and oxygen atoms in total. The highest BCUT2D eigenvalue weighted by Crippen LogP contribution is 2.33. The molecule has 22 heavy (non-hydrogen) atoms. The molecule has 1 atom stereocenters. The van der Waals surface area contributed by atoms with Crippen LogP contribution in [0.2, 0.25) is 0 Å². The predicted octanol–water partition coefficient (Wildman–Crippen LogP) is 1.91. The third-order valence-electron chi connectivity index (χ3n) is 4.68. The number of hydrogen-bond donors (Lipinski definition) is 0. The van der Waals surface area contributed by atoms with Crippen LogP contribution in [0, 0.1) is 12.3 Å². The molecule has 3 rings (SSSR count). The van der Waals surface area contributed by atoms with Crippen LogP contribution in [-0.4, -0.2) is 60.1 Å². The molecule has 122 valence electrons. The SMILES string of the molecule is CC(=O)N1CCOCC2(CCCN(Cc3csc(C)n3)C2)C1. The standard InChI is InChI=1S/C16H25N3O2S/c1-13-17-15(9-22-13)8-18-5-3-4-16(10-18)11-19(14(2)20)6-7-21-12-16/h9H,3-8,10-12H2,1-2H3. The van der Waals surface area contributed by atoms with Gasteiger partial charge in [0.25, 0.3) is 0 Å². The van der Waals surface area contributed by atoms with Crippen LogP contribution in [0.1, 0.15) is 30.5 Å². The summed E-state index contributed by atoms with van der Waals surface area (Å²) in [5.74, 6) is 0.164. The molecule has 2 aliphatic heterocycles. The van der Waals surface area contributed by atoms with Crippen molar-refractivity contribution in [3.05, 3.63) is 16.1 Å². The summed E-state index contributed by atoms with van der Waals surface area (Å²) in [5, 5.41) is 3.28. The number of rotatable bonds is 2. The van der Waals surface area contributed by atoms with Gasteiger partial charge in [0, 0.05) is 43.9 Å². The second-order valence-electron chi connectivity index (χ2n) is 6.67. The summed E-state index contributed by atoms with van der Waals surface area (Å²) in [7, 11) is 0. The zero-order chi connectivity index (χ0) is 15.6. The lowest BCUT2D eigenvalue weighted by Gasteiger charge is -2.43. The van der Waals surface area contributed by atoms with Gasteiger partial charge in [-0.1, -0.05) is 0 Å². The van der Waals surface area contributed by atoms with Crippen LogP contribution in [0.4, 0.5) is 0 Å².